The zero-order valence-corrected chi connectivity index (χ0v) is 18.6. The molecule has 0 N–H and O–H groups in total. The molecule has 29 heavy (non-hydrogen) atoms. The average molecular weight is 413 g/mol. The van der Waals surface area contributed by atoms with Crippen molar-refractivity contribution in [1.82, 2.24) is 0 Å². The SMILES string of the molecule is CCc1ccc(-c2ccc(Cl)cc2)cc1C1C(=O)C(C)(CC)OC(C)(CC)C1=O. The highest BCUT2D eigenvalue weighted by Crippen LogP contribution is 2.43. The fourth-order valence-electron chi connectivity index (χ4n) is 4.11. The first-order valence-corrected chi connectivity index (χ1v) is 10.7. The van der Waals surface area contributed by atoms with E-state index in [-0.39, 0.29) is 11.6 Å². The van der Waals surface area contributed by atoms with Crippen molar-refractivity contribution in [2.45, 2.75) is 71.0 Å². The van der Waals surface area contributed by atoms with Crippen LogP contribution in [0.5, 0.6) is 0 Å². The van der Waals surface area contributed by atoms with Crippen LogP contribution >= 0.6 is 11.6 Å². The van der Waals surface area contributed by atoms with Gasteiger partial charge in [-0.2, -0.15) is 0 Å². The lowest BCUT2D eigenvalue weighted by Crippen LogP contribution is -2.60. The zero-order chi connectivity index (χ0) is 21.4. The number of hydrogen-bond donors (Lipinski definition) is 0. The molecule has 0 radical (unpaired) electrons. The van der Waals surface area contributed by atoms with E-state index in [4.69, 9.17) is 16.3 Å². The zero-order valence-electron chi connectivity index (χ0n) is 17.8. The standard InChI is InChI=1S/C25H29ClO3/c1-6-16-9-10-18(17-11-13-19(26)14-12-17)15-20(16)21-22(27)24(4,7-2)29-25(5,8-3)23(21)28/h9-15,21H,6-8H2,1-5H3. The minimum atomic E-state index is -0.968. The van der Waals surface area contributed by atoms with Crippen molar-refractivity contribution in [2.24, 2.45) is 0 Å². The third kappa shape index (κ3) is 3.78. The summed E-state index contributed by atoms with van der Waals surface area (Å²) in [5, 5.41) is 0.673. The van der Waals surface area contributed by atoms with Gasteiger partial charge in [-0.15, -0.1) is 0 Å². The van der Waals surface area contributed by atoms with Crippen molar-refractivity contribution in [2.75, 3.05) is 0 Å². The summed E-state index contributed by atoms with van der Waals surface area (Å²) >= 11 is 6.03. The van der Waals surface area contributed by atoms with E-state index in [2.05, 4.69) is 0 Å². The largest absolute Gasteiger partial charge is 0.354 e. The highest BCUT2D eigenvalue weighted by atomic mass is 35.5. The molecule has 1 fully saturated rings. The van der Waals surface area contributed by atoms with Crippen LogP contribution in [0.25, 0.3) is 11.1 Å². The second kappa shape index (κ2) is 8.04. The third-order valence-electron chi connectivity index (χ3n) is 6.38. The molecule has 0 spiro atoms. The van der Waals surface area contributed by atoms with Gasteiger partial charge in [-0.3, -0.25) is 9.59 Å². The van der Waals surface area contributed by atoms with Gasteiger partial charge in [-0.1, -0.05) is 56.6 Å². The second-order valence-corrected chi connectivity index (χ2v) is 8.64. The molecule has 2 aromatic carbocycles. The molecule has 0 aromatic heterocycles. The summed E-state index contributed by atoms with van der Waals surface area (Å²) in [5.74, 6) is -1.08. The minimum absolute atomic E-state index is 0.140. The summed E-state index contributed by atoms with van der Waals surface area (Å²) < 4.78 is 6.12. The lowest BCUT2D eigenvalue weighted by Gasteiger charge is -2.45. The Morgan fingerprint density at radius 3 is 1.86 bits per heavy atom. The molecule has 2 aromatic rings. The third-order valence-corrected chi connectivity index (χ3v) is 6.63. The first-order chi connectivity index (χ1) is 13.7. The van der Waals surface area contributed by atoms with Crippen LogP contribution in [0.3, 0.4) is 0 Å². The smallest absolute Gasteiger partial charge is 0.179 e. The molecule has 154 valence electrons. The summed E-state index contributed by atoms with van der Waals surface area (Å²) in [6.07, 6.45) is 1.81. The summed E-state index contributed by atoms with van der Waals surface area (Å²) in [7, 11) is 0. The van der Waals surface area contributed by atoms with Gasteiger partial charge in [0.1, 0.15) is 17.1 Å². The van der Waals surface area contributed by atoms with Crippen molar-refractivity contribution >= 4 is 23.2 Å². The van der Waals surface area contributed by atoms with E-state index < -0.39 is 17.1 Å². The molecule has 1 heterocycles. The van der Waals surface area contributed by atoms with Gasteiger partial charge in [-0.25, -0.2) is 0 Å². The van der Waals surface area contributed by atoms with E-state index in [1.807, 2.05) is 77.1 Å². The summed E-state index contributed by atoms with van der Waals surface area (Å²) in [6, 6.07) is 13.7. The van der Waals surface area contributed by atoms with Crippen LogP contribution in [-0.2, 0) is 20.7 Å². The Kier molecular flexibility index (Phi) is 6.03. The Labute approximate surface area is 178 Å². The topological polar surface area (TPSA) is 43.4 Å². The van der Waals surface area contributed by atoms with E-state index in [0.717, 1.165) is 28.7 Å². The number of ketones is 2. The molecule has 0 saturated carbocycles. The van der Waals surface area contributed by atoms with E-state index in [0.29, 0.717) is 17.9 Å². The molecule has 2 atom stereocenters. The predicted octanol–water partition coefficient (Wildman–Crippen LogP) is 6.16. The van der Waals surface area contributed by atoms with Crippen LogP contribution in [0.1, 0.15) is 64.5 Å². The number of aryl methyl sites for hydroxylation is 1. The van der Waals surface area contributed by atoms with Crippen molar-refractivity contribution in [3.05, 3.63) is 58.6 Å². The van der Waals surface area contributed by atoms with E-state index in [1.54, 1.807) is 0 Å². The fourth-order valence-corrected chi connectivity index (χ4v) is 4.24. The second-order valence-electron chi connectivity index (χ2n) is 8.21. The molecule has 0 amide bonds. The molecule has 3 nitrogen and oxygen atoms in total. The molecular weight excluding hydrogens is 384 g/mol. The maximum Gasteiger partial charge on any atom is 0.179 e. The van der Waals surface area contributed by atoms with E-state index in [9.17, 15) is 9.59 Å². The van der Waals surface area contributed by atoms with Crippen molar-refractivity contribution < 1.29 is 14.3 Å². The number of benzene rings is 2. The summed E-state index contributed by atoms with van der Waals surface area (Å²) in [4.78, 5) is 27.0. The number of halogens is 1. The van der Waals surface area contributed by atoms with Crippen LogP contribution in [0.2, 0.25) is 5.02 Å². The van der Waals surface area contributed by atoms with Gasteiger partial charge in [0, 0.05) is 5.02 Å². The van der Waals surface area contributed by atoms with Gasteiger partial charge in [-0.05, 0) is 73.6 Å². The van der Waals surface area contributed by atoms with Crippen LogP contribution in [0.4, 0.5) is 0 Å². The quantitative estimate of drug-likeness (QED) is 0.552. The van der Waals surface area contributed by atoms with E-state index >= 15 is 0 Å². The monoisotopic (exact) mass is 412 g/mol. The summed E-state index contributed by atoms with van der Waals surface area (Å²) in [5.41, 5.74) is 1.86. The number of carbonyl (C=O) groups is 2. The molecule has 1 aliphatic rings. The van der Waals surface area contributed by atoms with Crippen molar-refractivity contribution in [3.63, 3.8) is 0 Å². The minimum Gasteiger partial charge on any atom is -0.354 e. The normalized spacial score (nSPS) is 27.3. The Morgan fingerprint density at radius 2 is 1.38 bits per heavy atom. The average Bonchev–Trinajstić information content (AvgIpc) is 2.73. The highest BCUT2D eigenvalue weighted by Gasteiger charge is 2.55. The van der Waals surface area contributed by atoms with Crippen LogP contribution in [-0.4, -0.2) is 22.8 Å². The predicted molar refractivity (Wildman–Crippen MR) is 117 cm³/mol. The molecule has 4 heteroatoms. The lowest BCUT2D eigenvalue weighted by molar-refractivity contribution is -0.192. The Hall–Kier alpha value is -1.97. The maximum atomic E-state index is 13.5. The number of hydrogen-bond acceptors (Lipinski definition) is 3. The van der Waals surface area contributed by atoms with E-state index in [1.165, 1.54) is 0 Å². The Bertz CT molecular complexity index is 906. The van der Waals surface area contributed by atoms with Crippen LogP contribution < -0.4 is 0 Å². The van der Waals surface area contributed by atoms with Crippen molar-refractivity contribution in [1.29, 1.82) is 0 Å². The number of carbonyl (C=O) groups excluding carboxylic acids is 2. The highest BCUT2D eigenvalue weighted by molar-refractivity contribution is 6.30. The fraction of sp³-hybridized carbons (Fsp3) is 0.440. The molecule has 2 unspecified atom stereocenters. The summed E-state index contributed by atoms with van der Waals surface area (Å²) in [6.45, 7) is 9.55. The lowest BCUT2D eigenvalue weighted by atomic mass is 9.71. The Morgan fingerprint density at radius 1 is 0.862 bits per heavy atom. The maximum absolute atomic E-state index is 13.5. The molecule has 0 bridgehead atoms. The van der Waals surface area contributed by atoms with Gasteiger partial charge >= 0.3 is 0 Å². The van der Waals surface area contributed by atoms with Crippen LogP contribution in [0, 0.1) is 0 Å². The Balaban J connectivity index is 2.18. The number of rotatable bonds is 5. The van der Waals surface area contributed by atoms with Gasteiger partial charge in [0.15, 0.2) is 11.6 Å². The van der Waals surface area contributed by atoms with Crippen LogP contribution in [0.15, 0.2) is 42.5 Å². The van der Waals surface area contributed by atoms with Gasteiger partial charge in [0.25, 0.3) is 0 Å². The number of Topliss-reactive ketones (excluding diaryl/α,β-unsaturated/α-hetero) is 2. The van der Waals surface area contributed by atoms with Gasteiger partial charge < -0.3 is 4.74 Å². The molecule has 3 rings (SSSR count). The van der Waals surface area contributed by atoms with Gasteiger partial charge in [0.05, 0.1) is 0 Å². The van der Waals surface area contributed by atoms with Crippen molar-refractivity contribution in [3.8, 4) is 11.1 Å². The molecule has 1 aliphatic heterocycles. The first kappa shape index (κ1) is 21.7. The first-order valence-electron chi connectivity index (χ1n) is 10.4. The molecule has 1 saturated heterocycles. The number of ether oxygens (including phenoxy) is 1. The molecule has 0 aliphatic carbocycles. The van der Waals surface area contributed by atoms with Gasteiger partial charge in [0.2, 0.25) is 0 Å². The molecular formula is C25H29ClO3.